The summed E-state index contributed by atoms with van der Waals surface area (Å²) in [7, 11) is 0. The first-order valence-electron chi connectivity index (χ1n) is 9.27. The first-order valence-corrected chi connectivity index (χ1v) is 9.27. The zero-order valence-electron chi connectivity index (χ0n) is 15.7. The minimum atomic E-state index is -0.373. The van der Waals surface area contributed by atoms with Gasteiger partial charge in [-0.25, -0.2) is 28.8 Å². The lowest BCUT2D eigenvalue weighted by Crippen LogP contribution is -2.18. The molecule has 9 nitrogen and oxygen atoms in total. The van der Waals surface area contributed by atoms with E-state index in [1.54, 1.807) is 35.1 Å². The highest BCUT2D eigenvalue weighted by molar-refractivity contribution is 5.90. The summed E-state index contributed by atoms with van der Waals surface area (Å²) in [6.45, 7) is 0.170. The Labute approximate surface area is 168 Å². The van der Waals surface area contributed by atoms with Crippen molar-refractivity contribution >= 4 is 22.2 Å². The van der Waals surface area contributed by atoms with Crippen molar-refractivity contribution < 1.29 is 9.50 Å². The Morgan fingerprint density at radius 3 is 2.83 bits per heavy atom. The molecule has 0 saturated carbocycles. The van der Waals surface area contributed by atoms with Gasteiger partial charge in [0.2, 0.25) is 0 Å². The van der Waals surface area contributed by atoms with Crippen LogP contribution < -0.4 is 5.69 Å². The van der Waals surface area contributed by atoms with Gasteiger partial charge in [-0.1, -0.05) is 18.2 Å². The Balaban J connectivity index is 1.64. The lowest BCUT2D eigenvalue weighted by molar-refractivity contribution is 0.276. The Morgan fingerprint density at radius 1 is 1.13 bits per heavy atom. The summed E-state index contributed by atoms with van der Waals surface area (Å²) in [4.78, 5) is 28.0. The molecule has 0 spiro atoms. The van der Waals surface area contributed by atoms with Gasteiger partial charge in [0.15, 0.2) is 17.1 Å². The first-order chi connectivity index (χ1) is 14.7. The van der Waals surface area contributed by atoms with E-state index in [1.807, 2.05) is 6.07 Å². The fraction of sp³-hybridized carbons (Fsp3) is 0.150. The second-order valence-corrected chi connectivity index (χ2v) is 6.71. The van der Waals surface area contributed by atoms with Crippen LogP contribution in [0.2, 0.25) is 0 Å². The quantitative estimate of drug-likeness (QED) is 0.460. The summed E-state index contributed by atoms with van der Waals surface area (Å²) in [6, 6.07) is 10.1. The predicted molar refractivity (Wildman–Crippen MR) is 107 cm³/mol. The van der Waals surface area contributed by atoms with Crippen molar-refractivity contribution in [1.29, 1.82) is 0 Å². The molecule has 150 valence electrons. The maximum Gasteiger partial charge on any atom is 0.327 e. The fourth-order valence-electron chi connectivity index (χ4n) is 3.45. The number of fused-ring (bicyclic) bond motifs is 2. The molecule has 5 rings (SSSR count). The molecule has 0 atom stereocenters. The summed E-state index contributed by atoms with van der Waals surface area (Å²) >= 11 is 0. The second-order valence-electron chi connectivity index (χ2n) is 6.71. The largest absolute Gasteiger partial charge is 0.395 e. The number of nitrogens with zero attached hydrogens (tertiary/aromatic N) is 6. The molecular formula is C20H16FN7O2. The van der Waals surface area contributed by atoms with Gasteiger partial charge in [-0.15, -0.1) is 0 Å². The van der Waals surface area contributed by atoms with E-state index in [9.17, 15) is 9.18 Å². The lowest BCUT2D eigenvalue weighted by atomic mass is 10.2. The number of benzene rings is 1. The number of hydrogen-bond acceptors (Lipinski definition) is 6. The third-order valence-electron chi connectivity index (χ3n) is 4.85. The van der Waals surface area contributed by atoms with Crippen molar-refractivity contribution in [2.75, 3.05) is 6.61 Å². The SMILES string of the molecule is O=c1[nH]c2nc(-c3nn(Cc4ccccc4F)c4ncccc34)ncc2n1CCO. The van der Waals surface area contributed by atoms with E-state index in [0.717, 1.165) is 0 Å². The molecule has 1 aromatic carbocycles. The molecule has 0 fully saturated rings. The van der Waals surface area contributed by atoms with Crippen LogP contribution in [0, 0.1) is 5.82 Å². The van der Waals surface area contributed by atoms with Crippen molar-refractivity contribution in [3.05, 3.63) is 70.7 Å². The summed E-state index contributed by atoms with van der Waals surface area (Å²) in [5.74, 6) is -0.00992. The molecule has 4 aromatic heterocycles. The Kier molecular flexibility index (Phi) is 4.32. The van der Waals surface area contributed by atoms with Gasteiger partial charge in [-0.05, 0) is 18.2 Å². The normalized spacial score (nSPS) is 11.5. The van der Waals surface area contributed by atoms with E-state index in [4.69, 9.17) is 5.11 Å². The number of nitrogens with one attached hydrogen (secondary N) is 1. The standard InChI is InChI=1S/C20H16FN7O2/c21-14-6-2-1-4-12(14)11-28-19-13(5-3-7-22-19)16(26-28)18-23-10-15-17(24-18)25-20(30)27(15)8-9-29/h1-7,10,29H,8-9,11H2,(H,23,24,25,30). The molecule has 4 heterocycles. The number of halogens is 1. The molecule has 5 aromatic rings. The van der Waals surface area contributed by atoms with Gasteiger partial charge in [0.05, 0.1) is 31.3 Å². The average Bonchev–Trinajstić information content (AvgIpc) is 3.27. The molecule has 30 heavy (non-hydrogen) atoms. The molecule has 0 aliphatic heterocycles. The molecular weight excluding hydrogens is 389 g/mol. The van der Waals surface area contributed by atoms with Crippen molar-refractivity contribution in [3.8, 4) is 11.5 Å². The van der Waals surface area contributed by atoms with E-state index in [2.05, 4.69) is 25.0 Å². The third-order valence-corrected chi connectivity index (χ3v) is 4.85. The highest BCUT2D eigenvalue weighted by Gasteiger charge is 2.18. The van der Waals surface area contributed by atoms with Gasteiger partial charge in [-0.2, -0.15) is 5.10 Å². The third kappa shape index (κ3) is 2.94. The van der Waals surface area contributed by atoms with Crippen LogP contribution in [0.25, 0.3) is 33.7 Å². The first kappa shape index (κ1) is 18.1. The van der Waals surface area contributed by atoms with Crippen molar-refractivity contribution in [3.63, 3.8) is 0 Å². The van der Waals surface area contributed by atoms with Crippen LogP contribution in [0.15, 0.2) is 53.6 Å². The Morgan fingerprint density at radius 2 is 2.00 bits per heavy atom. The number of rotatable bonds is 5. The van der Waals surface area contributed by atoms with Crippen LogP contribution in [-0.4, -0.2) is 46.0 Å². The lowest BCUT2D eigenvalue weighted by Gasteiger charge is -2.04. The zero-order valence-corrected chi connectivity index (χ0v) is 15.7. The molecule has 10 heteroatoms. The maximum absolute atomic E-state index is 14.1. The predicted octanol–water partition coefficient (Wildman–Crippen LogP) is 1.71. The molecule has 0 aliphatic carbocycles. The van der Waals surface area contributed by atoms with Crippen LogP contribution in [-0.2, 0) is 13.1 Å². The van der Waals surface area contributed by atoms with Crippen LogP contribution in [0.1, 0.15) is 5.56 Å². The van der Waals surface area contributed by atoms with Gasteiger partial charge in [0.25, 0.3) is 0 Å². The number of aromatic amines is 1. The van der Waals surface area contributed by atoms with Crippen molar-refractivity contribution in [2.45, 2.75) is 13.1 Å². The van der Waals surface area contributed by atoms with Gasteiger partial charge in [-0.3, -0.25) is 9.55 Å². The van der Waals surface area contributed by atoms with Gasteiger partial charge >= 0.3 is 5.69 Å². The summed E-state index contributed by atoms with van der Waals surface area (Å²) in [6.07, 6.45) is 3.16. The van der Waals surface area contributed by atoms with Gasteiger partial charge < -0.3 is 5.11 Å². The minimum absolute atomic E-state index is 0.145. The summed E-state index contributed by atoms with van der Waals surface area (Å²) in [5.41, 5.74) is 2.01. The van der Waals surface area contributed by atoms with E-state index < -0.39 is 0 Å². The molecule has 0 saturated heterocycles. The van der Waals surface area contributed by atoms with E-state index in [-0.39, 0.29) is 31.2 Å². The van der Waals surface area contributed by atoms with Gasteiger partial charge in [0, 0.05) is 11.8 Å². The van der Waals surface area contributed by atoms with E-state index >= 15 is 0 Å². The smallest absolute Gasteiger partial charge is 0.327 e. The monoisotopic (exact) mass is 405 g/mol. The number of aliphatic hydroxyl groups is 1. The molecule has 0 radical (unpaired) electrons. The number of hydrogen-bond donors (Lipinski definition) is 2. The summed E-state index contributed by atoms with van der Waals surface area (Å²) < 4.78 is 17.1. The van der Waals surface area contributed by atoms with Crippen molar-refractivity contribution in [2.24, 2.45) is 0 Å². The molecule has 0 bridgehead atoms. The van der Waals surface area contributed by atoms with E-state index in [0.29, 0.717) is 39.3 Å². The Bertz CT molecular complexity index is 1440. The summed E-state index contributed by atoms with van der Waals surface area (Å²) in [5, 5.41) is 14.5. The minimum Gasteiger partial charge on any atom is -0.395 e. The van der Waals surface area contributed by atoms with Crippen LogP contribution in [0.3, 0.4) is 0 Å². The number of imidazole rings is 1. The molecule has 0 amide bonds. The topological polar surface area (TPSA) is 115 Å². The number of H-pyrrole nitrogens is 1. The van der Waals surface area contributed by atoms with Crippen molar-refractivity contribution in [1.82, 2.24) is 34.3 Å². The maximum atomic E-state index is 14.1. The number of aliphatic hydroxyl groups excluding tert-OH is 1. The van der Waals surface area contributed by atoms with Gasteiger partial charge in [0.1, 0.15) is 17.0 Å². The average molecular weight is 405 g/mol. The van der Waals surface area contributed by atoms with Crippen LogP contribution >= 0.6 is 0 Å². The highest BCUT2D eigenvalue weighted by Crippen LogP contribution is 2.26. The zero-order chi connectivity index (χ0) is 20.7. The highest BCUT2D eigenvalue weighted by atomic mass is 19.1. The number of aromatic nitrogens is 7. The van der Waals surface area contributed by atoms with Crippen LogP contribution in [0.5, 0.6) is 0 Å². The number of pyridine rings is 1. The van der Waals surface area contributed by atoms with E-state index in [1.165, 1.54) is 16.8 Å². The second kappa shape index (κ2) is 7.16. The Hall–Kier alpha value is -3.92. The molecule has 2 N–H and O–H groups in total. The molecule has 0 unspecified atom stereocenters. The molecule has 0 aliphatic rings. The fourth-order valence-corrected chi connectivity index (χ4v) is 3.45. The van der Waals surface area contributed by atoms with Crippen LogP contribution in [0.4, 0.5) is 4.39 Å².